The van der Waals surface area contributed by atoms with E-state index in [2.05, 4.69) is 43.1 Å². The number of ether oxygens (including phenoxy) is 2. The van der Waals surface area contributed by atoms with E-state index in [1.807, 2.05) is 6.92 Å². The van der Waals surface area contributed by atoms with Crippen LogP contribution in [0.25, 0.3) is 0 Å². The van der Waals surface area contributed by atoms with E-state index in [1.54, 1.807) is 7.11 Å². The summed E-state index contributed by atoms with van der Waals surface area (Å²) >= 11 is 0. The number of methoxy groups -OCH3 is 1. The van der Waals surface area contributed by atoms with Crippen LogP contribution in [0.5, 0.6) is 5.75 Å². The quantitative estimate of drug-likeness (QED) is 0.792. The van der Waals surface area contributed by atoms with Crippen molar-refractivity contribution in [2.24, 2.45) is 0 Å². The van der Waals surface area contributed by atoms with Crippen molar-refractivity contribution in [2.75, 3.05) is 20.7 Å². The number of likely N-dealkylation sites (tertiary alicyclic amines) is 1. The zero-order valence-corrected chi connectivity index (χ0v) is 15.1. The van der Waals surface area contributed by atoms with Crippen molar-refractivity contribution in [3.8, 4) is 5.75 Å². The molecule has 2 unspecified atom stereocenters. The summed E-state index contributed by atoms with van der Waals surface area (Å²) in [4.78, 5) is 14.0. The molecule has 1 aromatic rings. The highest BCUT2D eigenvalue weighted by atomic mass is 16.5. The minimum Gasteiger partial charge on any atom is -0.496 e. The van der Waals surface area contributed by atoms with Gasteiger partial charge in [0.15, 0.2) is 0 Å². The van der Waals surface area contributed by atoms with Gasteiger partial charge in [-0.1, -0.05) is 19.1 Å². The first kappa shape index (κ1) is 17.0. The van der Waals surface area contributed by atoms with Gasteiger partial charge in [-0.25, -0.2) is 0 Å². The maximum Gasteiger partial charge on any atom is 0.310 e. The van der Waals surface area contributed by atoms with Gasteiger partial charge in [0.25, 0.3) is 0 Å². The molecule has 0 spiro atoms. The van der Waals surface area contributed by atoms with E-state index < -0.39 is 0 Å². The summed E-state index contributed by atoms with van der Waals surface area (Å²) in [6, 6.07) is 6.82. The van der Waals surface area contributed by atoms with Crippen LogP contribution in [-0.2, 0) is 14.9 Å². The Labute approximate surface area is 144 Å². The number of rotatable bonds is 4. The van der Waals surface area contributed by atoms with E-state index in [0.29, 0.717) is 6.42 Å². The second-order valence-electron chi connectivity index (χ2n) is 6.98. The predicted octanol–water partition coefficient (Wildman–Crippen LogP) is 3.58. The van der Waals surface area contributed by atoms with Crippen LogP contribution < -0.4 is 4.74 Å². The van der Waals surface area contributed by atoms with Gasteiger partial charge in [0.05, 0.1) is 7.11 Å². The zero-order chi connectivity index (χ0) is 17.3. The van der Waals surface area contributed by atoms with E-state index in [9.17, 15) is 4.79 Å². The molecule has 1 fully saturated rings. The largest absolute Gasteiger partial charge is 0.496 e. The average molecular weight is 329 g/mol. The molecule has 0 N–H and O–H groups in total. The van der Waals surface area contributed by atoms with Crippen LogP contribution in [0.1, 0.15) is 43.7 Å². The summed E-state index contributed by atoms with van der Waals surface area (Å²) < 4.78 is 10.9. The van der Waals surface area contributed by atoms with Crippen molar-refractivity contribution in [3.63, 3.8) is 0 Å². The molecule has 1 aliphatic carbocycles. The second-order valence-corrected chi connectivity index (χ2v) is 6.98. The Balaban J connectivity index is 1.94. The molecule has 0 amide bonds. The summed E-state index contributed by atoms with van der Waals surface area (Å²) in [5.41, 5.74) is 2.64. The third kappa shape index (κ3) is 2.84. The Morgan fingerprint density at radius 3 is 2.83 bits per heavy atom. The van der Waals surface area contributed by atoms with Gasteiger partial charge in [0, 0.05) is 24.3 Å². The van der Waals surface area contributed by atoms with Crippen LogP contribution in [0.4, 0.5) is 0 Å². The van der Waals surface area contributed by atoms with Crippen LogP contribution in [0, 0.1) is 6.92 Å². The van der Waals surface area contributed by atoms with Gasteiger partial charge in [-0.15, -0.1) is 0 Å². The molecular weight excluding hydrogens is 302 g/mol. The van der Waals surface area contributed by atoms with E-state index >= 15 is 0 Å². The number of esters is 1. The molecule has 4 heteroatoms. The van der Waals surface area contributed by atoms with Crippen molar-refractivity contribution in [1.82, 2.24) is 4.90 Å². The first-order valence-corrected chi connectivity index (χ1v) is 8.77. The molecule has 0 bridgehead atoms. The Hall–Kier alpha value is -1.81. The maximum absolute atomic E-state index is 11.6. The minimum absolute atomic E-state index is 0.105. The van der Waals surface area contributed by atoms with Gasteiger partial charge in [-0.3, -0.25) is 9.69 Å². The minimum atomic E-state index is -0.144. The number of benzene rings is 1. The summed E-state index contributed by atoms with van der Waals surface area (Å²) in [5, 5.41) is 0. The summed E-state index contributed by atoms with van der Waals surface area (Å²) in [7, 11) is 3.87. The highest BCUT2D eigenvalue weighted by molar-refractivity contribution is 5.70. The molecule has 1 aliphatic heterocycles. The van der Waals surface area contributed by atoms with Gasteiger partial charge in [-0.05, 0) is 56.6 Å². The first-order chi connectivity index (χ1) is 11.5. The molecule has 4 nitrogen and oxygen atoms in total. The molecule has 0 radical (unpaired) electrons. The van der Waals surface area contributed by atoms with E-state index in [4.69, 9.17) is 9.47 Å². The molecule has 1 heterocycles. The van der Waals surface area contributed by atoms with Crippen molar-refractivity contribution in [2.45, 2.75) is 51.0 Å². The van der Waals surface area contributed by atoms with Gasteiger partial charge in [0.1, 0.15) is 11.5 Å². The Morgan fingerprint density at radius 1 is 1.38 bits per heavy atom. The standard InChI is InChI=1S/C20H27NO3/c1-5-19(22)24-16-8-9-20(10-11-21(3)18(20)13-16)15-6-7-17(23-4)14(2)12-15/h6-7,12-13,18H,5,8-11H2,1-4H3. The normalized spacial score (nSPS) is 26.7. The summed E-state index contributed by atoms with van der Waals surface area (Å²) in [5.74, 6) is 1.62. The van der Waals surface area contributed by atoms with Crippen LogP contribution >= 0.6 is 0 Å². The number of hydrogen-bond acceptors (Lipinski definition) is 4. The van der Waals surface area contributed by atoms with Crippen molar-refractivity contribution in [1.29, 1.82) is 0 Å². The lowest BCUT2D eigenvalue weighted by molar-refractivity contribution is -0.139. The fraction of sp³-hybridized carbons (Fsp3) is 0.550. The summed E-state index contributed by atoms with van der Waals surface area (Å²) in [6.45, 7) is 4.98. The van der Waals surface area contributed by atoms with Crippen molar-refractivity contribution >= 4 is 5.97 Å². The van der Waals surface area contributed by atoms with E-state index in [1.165, 1.54) is 11.1 Å². The smallest absolute Gasteiger partial charge is 0.310 e. The maximum atomic E-state index is 11.6. The monoisotopic (exact) mass is 329 g/mol. The molecule has 1 saturated heterocycles. The predicted molar refractivity (Wildman–Crippen MR) is 94.1 cm³/mol. The number of nitrogens with zero attached hydrogens (tertiary/aromatic N) is 1. The molecule has 2 atom stereocenters. The Kier molecular flexibility index (Phi) is 4.68. The first-order valence-electron chi connectivity index (χ1n) is 8.77. The number of hydrogen-bond donors (Lipinski definition) is 0. The highest BCUT2D eigenvalue weighted by Crippen LogP contribution is 2.48. The van der Waals surface area contributed by atoms with Crippen LogP contribution in [0.15, 0.2) is 30.0 Å². The second kappa shape index (κ2) is 6.60. The number of aryl methyl sites for hydroxylation is 1. The Morgan fingerprint density at radius 2 is 2.17 bits per heavy atom. The van der Waals surface area contributed by atoms with Gasteiger partial charge < -0.3 is 9.47 Å². The lowest BCUT2D eigenvalue weighted by Gasteiger charge is -2.40. The molecule has 0 aromatic heterocycles. The average Bonchev–Trinajstić information content (AvgIpc) is 2.92. The van der Waals surface area contributed by atoms with Crippen LogP contribution in [-0.4, -0.2) is 37.6 Å². The molecule has 130 valence electrons. The van der Waals surface area contributed by atoms with Crippen LogP contribution in [0.3, 0.4) is 0 Å². The number of likely N-dealkylation sites (N-methyl/N-ethyl adjacent to an activating group) is 1. The number of carbonyl (C=O) groups is 1. The Bertz CT molecular complexity index is 667. The molecule has 0 saturated carbocycles. The molecule has 1 aromatic carbocycles. The molecule has 2 aliphatic rings. The van der Waals surface area contributed by atoms with Crippen LogP contribution in [0.2, 0.25) is 0 Å². The number of fused-ring (bicyclic) bond motifs is 1. The lowest BCUT2D eigenvalue weighted by Crippen LogP contribution is -2.42. The van der Waals surface area contributed by atoms with Gasteiger partial charge >= 0.3 is 5.97 Å². The lowest BCUT2D eigenvalue weighted by atomic mass is 9.68. The van der Waals surface area contributed by atoms with Crippen molar-refractivity contribution < 1.29 is 14.3 Å². The SMILES string of the molecule is CCC(=O)OC1=CC2N(C)CCC2(c2ccc(OC)c(C)c2)CC1. The molecular formula is C20H27NO3. The molecule has 24 heavy (non-hydrogen) atoms. The fourth-order valence-corrected chi connectivity index (χ4v) is 4.20. The highest BCUT2D eigenvalue weighted by Gasteiger charge is 2.48. The van der Waals surface area contributed by atoms with Gasteiger partial charge in [-0.2, -0.15) is 0 Å². The van der Waals surface area contributed by atoms with Crippen molar-refractivity contribution in [3.05, 3.63) is 41.2 Å². The fourth-order valence-electron chi connectivity index (χ4n) is 4.20. The topological polar surface area (TPSA) is 38.8 Å². The van der Waals surface area contributed by atoms with Gasteiger partial charge in [0.2, 0.25) is 0 Å². The van der Waals surface area contributed by atoms with E-state index in [0.717, 1.165) is 37.3 Å². The third-order valence-electron chi connectivity index (χ3n) is 5.62. The number of allylic oxidation sites excluding steroid dienone is 1. The number of carbonyl (C=O) groups excluding carboxylic acids is 1. The zero-order valence-electron chi connectivity index (χ0n) is 15.1. The van der Waals surface area contributed by atoms with E-state index in [-0.39, 0.29) is 17.4 Å². The third-order valence-corrected chi connectivity index (χ3v) is 5.62. The summed E-state index contributed by atoms with van der Waals surface area (Å²) in [6.07, 6.45) is 5.55. The molecule has 3 rings (SSSR count).